The summed E-state index contributed by atoms with van der Waals surface area (Å²) < 4.78 is 7.21. The molecule has 0 atom stereocenters. The number of benzene rings is 1. The van der Waals surface area contributed by atoms with E-state index in [1.54, 1.807) is 11.8 Å². The summed E-state index contributed by atoms with van der Waals surface area (Å²) in [6, 6.07) is 6.13. The van der Waals surface area contributed by atoms with Gasteiger partial charge in [0, 0.05) is 19.0 Å². The highest BCUT2D eigenvalue weighted by Crippen LogP contribution is 2.30. The summed E-state index contributed by atoms with van der Waals surface area (Å²) in [6.45, 7) is 4.86. The van der Waals surface area contributed by atoms with Crippen LogP contribution in [-0.4, -0.2) is 28.4 Å². The summed E-state index contributed by atoms with van der Waals surface area (Å²) >= 11 is 0. The van der Waals surface area contributed by atoms with E-state index in [-0.39, 0.29) is 0 Å². The van der Waals surface area contributed by atoms with Crippen molar-refractivity contribution in [3.8, 4) is 17.1 Å². The van der Waals surface area contributed by atoms with Gasteiger partial charge >= 0.3 is 0 Å². The molecule has 2 aromatic rings. The second kappa shape index (κ2) is 6.05. The van der Waals surface area contributed by atoms with E-state index >= 15 is 0 Å². The Morgan fingerprint density at radius 1 is 1.35 bits per heavy atom. The van der Waals surface area contributed by atoms with E-state index < -0.39 is 0 Å². The highest BCUT2D eigenvalue weighted by Gasteiger charge is 2.13. The largest absolute Gasteiger partial charge is 0.496 e. The molecule has 20 heavy (non-hydrogen) atoms. The average Bonchev–Trinajstić information content (AvgIpc) is 2.79. The lowest BCUT2D eigenvalue weighted by molar-refractivity contribution is 0.407. The van der Waals surface area contributed by atoms with Crippen LogP contribution in [-0.2, 0) is 13.5 Å². The minimum atomic E-state index is 0.390. The smallest absolute Gasteiger partial charge is 0.158 e. The molecule has 0 saturated carbocycles. The SMILES string of the molecule is COc1ccc(-c2nc(CCN)nn2C)cc1C(C)C. The first-order valence-electron chi connectivity index (χ1n) is 6.85. The zero-order valence-electron chi connectivity index (χ0n) is 12.6. The quantitative estimate of drug-likeness (QED) is 0.907. The van der Waals surface area contributed by atoms with Crippen LogP contribution in [0.5, 0.6) is 5.75 Å². The van der Waals surface area contributed by atoms with Crippen LogP contribution in [0.4, 0.5) is 0 Å². The molecular weight excluding hydrogens is 252 g/mol. The van der Waals surface area contributed by atoms with Gasteiger partial charge in [-0.1, -0.05) is 13.8 Å². The maximum atomic E-state index is 5.55. The molecule has 0 aliphatic carbocycles. The molecule has 5 nitrogen and oxygen atoms in total. The van der Waals surface area contributed by atoms with Gasteiger partial charge in [-0.2, -0.15) is 5.10 Å². The number of ether oxygens (including phenoxy) is 1. The molecule has 5 heteroatoms. The first-order chi connectivity index (χ1) is 9.56. The molecule has 0 fully saturated rings. The van der Waals surface area contributed by atoms with Crippen LogP contribution in [0.1, 0.15) is 31.2 Å². The zero-order chi connectivity index (χ0) is 14.7. The average molecular weight is 274 g/mol. The van der Waals surface area contributed by atoms with Crippen molar-refractivity contribution in [2.45, 2.75) is 26.2 Å². The van der Waals surface area contributed by atoms with Crippen molar-refractivity contribution in [3.05, 3.63) is 29.6 Å². The fraction of sp³-hybridized carbons (Fsp3) is 0.467. The topological polar surface area (TPSA) is 66.0 Å². The van der Waals surface area contributed by atoms with Gasteiger partial charge in [0.1, 0.15) is 5.75 Å². The normalized spacial score (nSPS) is 11.1. The lowest BCUT2D eigenvalue weighted by atomic mass is 9.99. The minimum Gasteiger partial charge on any atom is -0.496 e. The van der Waals surface area contributed by atoms with E-state index in [1.807, 2.05) is 19.2 Å². The number of methoxy groups -OCH3 is 1. The molecule has 0 saturated heterocycles. The Labute approximate surface area is 119 Å². The number of aromatic nitrogens is 3. The van der Waals surface area contributed by atoms with Gasteiger partial charge in [0.15, 0.2) is 11.6 Å². The van der Waals surface area contributed by atoms with Crippen LogP contribution in [0.15, 0.2) is 18.2 Å². The maximum Gasteiger partial charge on any atom is 0.158 e. The molecule has 0 bridgehead atoms. The Bertz CT molecular complexity index is 590. The fourth-order valence-corrected chi connectivity index (χ4v) is 2.25. The van der Waals surface area contributed by atoms with E-state index in [0.717, 1.165) is 23.0 Å². The van der Waals surface area contributed by atoms with Crippen molar-refractivity contribution in [1.29, 1.82) is 0 Å². The minimum absolute atomic E-state index is 0.390. The Hall–Kier alpha value is -1.88. The summed E-state index contributed by atoms with van der Waals surface area (Å²) in [6.07, 6.45) is 0.695. The van der Waals surface area contributed by atoms with Gasteiger partial charge < -0.3 is 10.5 Å². The van der Waals surface area contributed by atoms with E-state index in [1.165, 1.54) is 5.56 Å². The van der Waals surface area contributed by atoms with Crippen molar-refractivity contribution < 1.29 is 4.74 Å². The first-order valence-corrected chi connectivity index (χ1v) is 6.85. The van der Waals surface area contributed by atoms with E-state index in [2.05, 4.69) is 30.0 Å². The van der Waals surface area contributed by atoms with Crippen molar-refractivity contribution in [2.75, 3.05) is 13.7 Å². The first kappa shape index (κ1) is 14.5. The van der Waals surface area contributed by atoms with Gasteiger partial charge in [0.2, 0.25) is 0 Å². The molecule has 0 unspecified atom stereocenters. The van der Waals surface area contributed by atoms with Crippen LogP contribution in [0.2, 0.25) is 0 Å². The Kier molecular flexibility index (Phi) is 4.39. The lowest BCUT2D eigenvalue weighted by Crippen LogP contribution is -2.04. The standard InChI is InChI=1S/C15H22N4O/c1-10(2)12-9-11(5-6-13(12)20-4)15-17-14(7-8-16)18-19(15)3/h5-6,9-10H,7-8,16H2,1-4H3. The molecule has 108 valence electrons. The van der Waals surface area contributed by atoms with Crippen molar-refractivity contribution >= 4 is 0 Å². The molecule has 2 N–H and O–H groups in total. The van der Waals surface area contributed by atoms with Crippen LogP contribution in [0, 0.1) is 0 Å². The highest BCUT2D eigenvalue weighted by molar-refractivity contribution is 5.59. The third-order valence-electron chi connectivity index (χ3n) is 3.28. The Morgan fingerprint density at radius 3 is 2.70 bits per heavy atom. The maximum absolute atomic E-state index is 5.55. The molecule has 0 aliphatic rings. The summed E-state index contributed by atoms with van der Waals surface area (Å²) in [5.74, 6) is 2.94. The molecule has 2 rings (SSSR count). The number of hydrogen-bond acceptors (Lipinski definition) is 4. The summed E-state index contributed by atoms with van der Waals surface area (Å²) in [4.78, 5) is 4.56. The lowest BCUT2D eigenvalue weighted by Gasteiger charge is -2.13. The van der Waals surface area contributed by atoms with E-state index in [0.29, 0.717) is 18.9 Å². The molecule has 1 aromatic heterocycles. The number of rotatable bonds is 5. The monoisotopic (exact) mass is 274 g/mol. The summed E-state index contributed by atoms with van der Waals surface area (Å²) in [5, 5.41) is 4.39. The number of nitrogens with two attached hydrogens (primary N) is 1. The molecular formula is C15H22N4O. The van der Waals surface area contributed by atoms with E-state index in [9.17, 15) is 0 Å². The number of hydrogen-bond donors (Lipinski definition) is 1. The summed E-state index contributed by atoms with van der Waals surface area (Å²) in [5.41, 5.74) is 7.78. The molecule has 1 aromatic carbocycles. The fourth-order valence-electron chi connectivity index (χ4n) is 2.25. The zero-order valence-corrected chi connectivity index (χ0v) is 12.6. The van der Waals surface area contributed by atoms with Crippen molar-refractivity contribution in [2.24, 2.45) is 12.8 Å². The Balaban J connectivity index is 2.45. The molecule has 0 amide bonds. The van der Waals surface area contributed by atoms with Gasteiger partial charge in [-0.25, -0.2) is 9.67 Å². The van der Waals surface area contributed by atoms with Crippen LogP contribution < -0.4 is 10.5 Å². The predicted octanol–water partition coefficient (Wildman–Crippen LogP) is 2.12. The number of aryl methyl sites for hydroxylation is 1. The van der Waals surface area contributed by atoms with Crippen molar-refractivity contribution in [1.82, 2.24) is 14.8 Å². The van der Waals surface area contributed by atoms with Crippen LogP contribution >= 0.6 is 0 Å². The molecule has 1 heterocycles. The Morgan fingerprint density at radius 2 is 2.10 bits per heavy atom. The molecule has 0 spiro atoms. The van der Waals surface area contributed by atoms with Gasteiger partial charge in [-0.15, -0.1) is 0 Å². The van der Waals surface area contributed by atoms with Gasteiger partial charge in [0.25, 0.3) is 0 Å². The predicted molar refractivity (Wildman–Crippen MR) is 79.8 cm³/mol. The molecule has 0 aliphatic heterocycles. The third-order valence-corrected chi connectivity index (χ3v) is 3.28. The molecule has 0 radical (unpaired) electrons. The van der Waals surface area contributed by atoms with Crippen LogP contribution in [0.3, 0.4) is 0 Å². The van der Waals surface area contributed by atoms with Gasteiger partial charge in [-0.3, -0.25) is 0 Å². The van der Waals surface area contributed by atoms with E-state index in [4.69, 9.17) is 10.5 Å². The number of nitrogens with zero attached hydrogens (tertiary/aromatic N) is 3. The summed E-state index contributed by atoms with van der Waals surface area (Å²) in [7, 11) is 3.60. The second-order valence-corrected chi connectivity index (χ2v) is 5.13. The van der Waals surface area contributed by atoms with Gasteiger partial charge in [0.05, 0.1) is 7.11 Å². The van der Waals surface area contributed by atoms with Crippen molar-refractivity contribution in [3.63, 3.8) is 0 Å². The van der Waals surface area contributed by atoms with Crippen LogP contribution in [0.25, 0.3) is 11.4 Å². The highest BCUT2D eigenvalue weighted by atomic mass is 16.5. The second-order valence-electron chi connectivity index (χ2n) is 5.13. The third kappa shape index (κ3) is 2.82. The van der Waals surface area contributed by atoms with Gasteiger partial charge in [-0.05, 0) is 36.2 Å².